The summed E-state index contributed by atoms with van der Waals surface area (Å²) >= 11 is 0. The number of carbonyl (C=O) groups excluding carboxylic acids is 3. The number of amides is 3. The molecular weight excluding hydrogens is 240 g/mol. The number of hydrogen-bond acceptors (Lipinski definition) is 6. The molecular formula is C10H12N4O4. The molecule has 96 valence electrons. The van der Waals surface area contributed by atoms with Gasteiger partial charge in [0, 0.05) is 13.5 Å². The number of nitrogens with one attached hydrogen (secondary N) is 3. The summed E-state index contributed by atoms with van der Waals surface area (Å²) < 4.78 is 5.06. The van der Waals surface area contributed by atoms with Gasteiger partial charge in [-0.3, -0.25) is 19.7 Å². The van der Waals surface area contributed by atoms with Crippen LogP contribution < -0.4 is 16.0 Å². The highest BCUT2D eigenvalue weighted by Crippen LogP contribution is 2.09. The molecule has 3 N–H and O–H groups in total. The molecule has 0 aliphatic carbocycles. The van der Waals surface area contributed by atoms with Crippen LogP contribution in [0.15, 0.2) is 10.6 Å². The van der Waals surface area contributed by atoms with Crippen LogP contribution in [-0.4, -0.2) is 35.8 Å². The van der Waals surface area contributed by atoms with Gasteiger partial charge in [0.1, 0.15) is 6.04 Å². The Morgan fingerprint density at radius 2 is 2.33 bits per heavy atom. The Morgan fingerprint density at radius 3 is 2.94 bits per heavy atom. The van der Waals surface area contributed by atoms with Crippen LogP contribution in [0.1, 0.15) is 23.4 Å². The molecule has 0 aromatic carbocycles. The molecule has 1 aromatic rings. The van der Waals surface area contributed by atoms with Gasteiger partial charge in [-0.1, -0.05) is 0 Å². The van der Waals surface area contributed by atoms with Gasteiger partial charge in [-0.25, -0.2) is 4.98 Å². The van der Waals surface area contributed by atoms with Crippen LogP contribution in [0.4, 0.5) is 6.01 Å². The van der Waals surface area contributed by atoms with Crippen LogP contribution in [0, 0.1) is 0 Å². The molecule has 0 radical (unpaired) electrons. The van der Waals surface area contributed by atoms with Crippen molar-refractivity contribution in [3.05, 3.63) is 12.0 Å². The summed E-state index contributed by atoms with van der Waals surface area (Å²) in [4.78, 5) is 37.9. The van der Waals surface area contributed by atoms with Crippen LogP contribution in [0.25, 0.3) is 0 Å². The van der Waals surface area contributed by atoms with Crippen LogP contribution >= 0.6 is 0 Å². The molecule has 1 unspecified atom stereocenters. The Hall–Kier alpha value is -2.38. The number of imide groups is 1. The van der Waals surface area contributed by atoms with E-state index in [0.717, 1.165) is 0 Å². The lowest BCUT2D eigenvalue weighted by molar-refractivity contribution is -0.134. The van der Waals surface area contributed by atoms with Crippen molar-refractivity contribution in [3.8, 4) is 0 Å². The maximum Gasteiger partial charge on any atom is 0.294 e. The minimum absolute atomic E-state index is 0.00375. The molecule has 2 rings (SSSR count). The van der Waals surface area contributed by atoms with E-state index in [0.29, 0.717) is 0 Å². The molecule has 1 fully saturated rings. The van der Waals surface area contributed by atoms with Crippen LogP contribution in [0.5, 0.6) is 0 Å². The van der Waals surface area contributed by atoms with Crippen LogP contribution in [0.2, 0.25) is 0 Å². The third-order valence-corrected chi connectivity index (χ3v) is 2.49. The number of oxazole rings is 1. The zero-order chi connectivity index (χ0) is 13.1. The topological polar surface area (TPSA) is 113 Å². The molecule has 1 aliphatic rings. The van der Waals surface area contributed by atoms with Gasteiger partial charge in [-0.2, -0.15) is 0 Å². The Morgan fingerprint density at radius 1 is 1.56 bits per heavy atom. The highest BCUT2D eigenvalue weighted by atomic mass is 16.4. The second-order valence-electron chi connectivity index (χ2n) is 3.76. The first-order valence-electron chi connectivity index (χ1n) is 5.38. The van der Waals surface area contributed by atoms with Crippen molar-refractivity contribution in [2.24, 2.45) is 0 Å². The largest absolute Gasteiger partial charge is 0.418 e. The number of hydrogen-bond donors (Lipinski definition) is 3. The minimum Gasteiger partial charge on any atom is -0.418 e. The third-order valence-electron chi connectivity index (χ3n) is 2.49. The molecule has 1 atom stereocenters. The molecule has 18 heavy (non-hydrogen) atoms. The van der Waals surface area contributed by atoms with E-state index in [-0.39, 0.29) is 30.5 Å². The summed E-state index contributed by atoms with van der Waals surface area (Å²) in [6.07, 6.45) is 1.74. The second-order valence-corrected chi connectivity index (χ2v) is 3.76. The molecule has 8 nitrogen and oxygen atoms in total. The monoisotopic (exact) mass is 252 g/mol. The highest BCUT2D eigenvalue weighted by molar-refractivity contribution is 6.03. The predicted octanol–water partition coefficient (Wildman–Crippen LogP) is -0.749. The lowest BCUT2D eigenvalue weighted by Crippen LogP contribution is -2.52. The van der Waals surface area contributed by atoms with E-state index in [1.165, 1.54) is 6.20 Å². The lowest BCUT2D eigenvalue weighted by atomic mass is 10.1. The van der Waals surface area contributed by atoms with Crippen molar-refractivity contribution in [2.75, 3.05) is 12.4 Å². The first kappa shape index (κ1) is 12.1. The standard InChI is InChI=1S/C10H12N4O4/c1-11-10-12-4-6(18-10)9(17)13-5-2-3-7(15)14-8(5)16/h4-5H,2-3H2,1H3,(H,11,12)(H,13,17)(H,14,15,16). The summed E-state index contributed by atoms with van der Waals surface area (Å²) in [5.41, 5.74) is 0. The average Bonchev–Trinajstić information content (AvgIpc) is 2.81. The van der Waals surface area contributed by atoms with Gasteiger partial charge >= 0.3 is 0 Å². The van der Waals surface area contributed by atoms with Crippen LogP contribution in [0.3, 0.4) is 0 Å². The van der Waals surface area contributed by atoms with Gasteiger partial charge in [0.2, 0.25) is 17.6 Å². The number of carbonyl (C=O) groups is 3. The Balaban J connectivity index is 1.99. The zero-order valence-corrected chi connectivity index (χ0v) is 9.65. The first-order chi connectivity index (χ1) is 8.60. The van der Waals surface area contributed by atoms with E-state index >= 15 is 0 Å². The predicted molar refractivity (Wildman–Crippen MR) is 59.7 cm³/mol. The SMILES string of the molecule is CNc1ncc(C(=O)NC2CCC(=O)NC2=O)o1. The molecule has 8 heteroatoms. The molecule has 3 amide bonds. The van der Waals surface area contributed by atoms with Crippen LogP contribution in [-0.2, 0) is 9.59 Å². The number of aromatic nitrogens is 1. The molecule has 2 heterocycles. The molecule has 0 saturated carbocycles. The quantitative estimate of drug-likeness (QED) is 0.610. The molecule has 0 bridgehead atoms. The van der Waals surface area contributed by atoms with E-state index in [4.69, 9.17) is 4.42 Å². The highest BCUT2D eigenvalue weighted by Gasteiger charge is 2.28. The van der Waals surface area contributed by atoms with Gasteiger partial charge in [0.05, 0.1) is 6.20 Å². The number of anilines is 1. The minimum atomic E-state index is -0.724. The summed E-state index contributed by atoms with van der Waals surface area (Å²) in [6, 6.07) is -0.512. The van der Waals surface area contributed by atoms with E-state index < -0.39 is 17.9 Å². The van der Waals surface area contributed by atoms with Gasteiger partial charge in [0.25, 0.3) is 11.9 Å². The van der Waals surface area contributed by atoms with E-state index in [9.17, 15) is 14.4 Å². The number of rotatable bonds is 3. The summed E-state index contributed by atoms with van der Waals surface area (Å²) in [6.45, 7) is 0. The van der Waals surface area contributed by atoms with E-state index in [2.05, 4.69) is 20.9 Å². The fourth-order valence-electron chi connectivity index (χ4n) is 1.56. The zero-order valence-electron chi connectivity index (χ0n) is 9.65. The second kappa shape index (κ2) is 4.86. The summed E-state index contributed by atoms with van der Waals surface area (Å²) in [7, 11) is 1.60. The Bertz CT molecular complexity index is 496. The maximum absolute atomic E-state index is 11.7. The molecule has 1 aromatic heterocycles. The normalized spacial score (nSPS) is 19.3. The van der Waals surface area contributed by atoms with Crippen molar-refractivity contribution in [1.29, 1.82) is 0 Å². The fraction of sp³-hybridized carbons (Fsp3) is 0.400. The molecule has 1 aliphatic heterocycles. The van der Waals surface area contributed by atoms with E-state index in [1.807, 2.05) is 0 Å². The Kier molecular flexibility index (Phi) is 3.26. The van der Waals surface area contributed by atoms with Crippen molar-refractivity contribution < 1.29 is 18.8 Å². The van der Waals surface area contributed by atoms with Gasteiger partial charge in [-0.05, 0) is 6.42 Å². The number of piperidine rings is 1. The Labute approximate surface area is 102 Å². The van der Waals surface area contributed by atoms with Gasteiger partial charge in [0.15, 0.2) is 0 Å². The fourth-order valence-corrected chi connectivity index (χ4v) is 1.56. The van der Waals surface area contributed by atoms with Crippen molar-refractivity contribution in [3.63, 3.8) is 0 Å². The summed E-state index contributed by atoms with van der Waals surface area (Å²) in [5.74, 6) is -1.38. The molecule has 1 saturated heterocycles. The van der Waals surface area contributed by atoms with Crippen molar-refractivity contribution in [1.82, 2.24) is 15.6 Å². The van der Waals surface area contributed by atoms with Gasteiger partial charge < -0.3 is 15.1 Å². The summed E-state index contributed by atoms with van der Waals surface area (Å²) in [5, 5.41) is 7.27. The molecule has 0 spiro atoms. The average molecular weight is 252 g/mol. The van der Waals surface area contributed by atoms with E-state index in [1.54, 1.807) is 7.05 Å². The maximum atomic E-state index is 11.7. The van der Waals surface area contributed by atoms with Gasteiger partial charge in [-0.15, -0.1) is 0 Å². The smallest absolute Gasteiger partial charge is 0.294 e. The van der Waals surface area contributed by atoms with Crippen molar-refractivity contribution in [2.45, 2.75) is 18.9 Å². The lowest BCUT2D eigenvalue weighted by Gasteiger charge is -2.21. The van der Waals surface area contributed by atoms with Crippen molar-refractivity contribution >= 4 is 23.7 Å². The third kappa shape index (κ3) is 2.47. The number of nitrogens with zero attached hydrogens (tertiary/aromatic N) is 1. The first-order valence-corrected chi connectivity index (χ1v) is 5.38.